The molecular weight excluding hydrogens is 448 g/mol. The monoisotopic (exact) mass is 474 g/mol. The number of rotatable bonds is 10. The predicted octanol–water partition coefficient (Wildman–Crippen LogP) is 4.30. The molecule has 7 nitrogen and oxygen atoms in total. The van der Waals surface area contributed by atoms with Crippen LogP contribution in [0.5, 0.6) is 0 Å². The Bertz CT molecular complexity index is 1210. The van der Waals surface area contributed by atoms with E-state index in [1.165, 1.54) is 6.26 Å². The summed E-state index contributed by atoms with van der Waals surface area (Å²) in [7, 11) is 0. The van der Waals surface area contributed by atoms with E-state index < -0.39 is 11.9 Å². The highest BCUT2D eigenvalue weighted by Gasteiger charge is 2.23. The first-order chi connectivity index (χ1) is 16.7. The number of hydrogen-bond donors (Lipinski definition) is 2. The van der Waals surface area contributed by atoms with Gasteiger partial charge in [-0.1, -0.05) is 48.5 Å². The molecule has 0 spiro atoms. The van der Waals surface area contributed by atoms with E-state index in [-0.39, 0.29) is 18.2 Å². The predicted molar refractivity (Wildman–Crippen MR) is 134 cm³/mol. The molecule has 4 rings (SSSR count). The summed E-state index contributed by atoms with van der Waals surface area (Å²) in [6, 6.07) is 22.2. The average Bonchev–Trinajstić information content (AvgIpc) is 3.57. The molecule has 0 saturated carbocycles. The zero-order valence-corrected chi connectivity index (χ0v) is 19.6. The van der Waals surface area contributed by atoms with Gasteiger partial charge in [-0.3, -0.25) is 9.59 Å². The van der Waals surface area contributed by atoms with Gasteiger partial charge in [0.2, 0.25) is 5.91 Å². The zero-order chi connectivity index (χ0) is 23.8. The molecule has 34 heavy (non-hydrogen) atoms. The van der Waals surface area contributed by atoms with Crippen LogP contribution in [-0.2, 0) is 11.3 Å². The minimum atomic E-state index is -0.672. The minimum absolute atomic E-state index is 0.178. The third kappa shape index (κ3) is 5.77. The van der Waals surface area contributed by atoms with Gasteiger partial charge in [0.15, 0.2) is 5.76 Å². The Balaban J connectivity index is 1.52. The van der Waals surface area contributed by atoms with Gasteiger partial charge in [0.25, 0.3) is 5.91 Å². The van der Waals surface area contributed by atoms with E-state index in [2.05, 4.69) is 10.6 Å². The Morgan fingerprint density at radius 3 is 2.44 bits per heavy atom. The van der Waals surface area contributed by atoms with Crippen molar-refractivity contribution in [3.8, 4) is 16.9 Å². The number of aromatic nitrogens is 2. The lowest BCUT2D eigenvalue weighted by Gasteiger charge is -2.17. The molecule has 2 N–H and O–H groups in total. The molecule has 0 radical (unpaired) electrons. The van der Waals surface area contributed by atoms with Crippen LogP contribution in [0.25, 0.3) is 16.9 Å². The molecule has 2 amide bonds. The van der Waals surface area contributed by atoms with Crippen LogP contribution in [0.2, 0.25) is 0 Å². The fraction of sp³-hybridized carbons (Fsp3) is 0.192. The zero-order valence-electron chi connectivity index (χ0n) is 18.8. The number of amides is 2. The Hall–Kier alpha value is -3.78. The highest BCUT2D eigenvalue weighted by atomic mass is 32.2. The van der Waals surface area contributed by atoms with E-state index >= 15 is 0 Å². The van der Waals surface area contributed by atoms with Crippen LogP contribution < -0.4 is 10.6 Å². The standard InChI is InChI=1S/C26H26N4O3S/c1-34-16-14-22(28-26(32)23-13-8-15-33-23)25(31)27-17-20-18-30(21-11-6-3-7-12-21)29-24(20)19-9-4-2-5-10-19/h2-13,15,18,22H,14,16-17H2,1H3,(H,27,31)(H,28,32)/t22-/m1/s1. The van der Waals surface area contributed by atoms with Crippen molar-refractivity contribution in [1.82, 2.24) is 20.4 Å². The van der Waals surface area contributed by atoms with Gasteiger partial charge < -0.3 is 15.1 Å². The van der Waals surface area contributed by atoms with Crippen LogP contribution >= 0.6 is 11.8 Å². The van der Waals surface area contributed by atoms with Crippen LogP contribution in [0.3, 0.4) is 0 Å². The Morgan fingerprint density at radius 2 is 1.76 bits per heavy atom. The van der Waals surface area contributed by atoms with E-state index in [1.54, 1.807) is 23.9 Å². The number of para-hydroxylation sites is 1. The molecule has 0 unspecified atom stereocenters. The molecule has 2 aromatic carbocycles. The van der Waals surface area contributed by atoms with Crippen LogP contribution in [0.1, 0.15) is 22.5 Å². The number of thioether (sulfide) groups is 1. The average molecular weight is 475 g/mol. The molecule has 0 saturated heterocycles. The number of benzene rings is 2. The number of hydrogen-bond acceptors (Lipinski definition) is 5. The Morgan fingerprint density at radius 1 is 1.03 bits per heavy atom. The number of nitrogens with one attached hydrogen (secondary N) is 2. The molecule has 2 aromatic heterocycles. The lowest BCUT2D eigenvalue weighted by Crippen LogP contribution is -2.46. The van der Waals surface area contributed by atoms with Crippen LogP contribution in [-0.4, -0.2) is 39.6 Å². The first-order valence-electron chi connectivity index (χ1n) is 11.0. The number of furan rings is 1. The first-order valence-corrected chi connectivity index (χ1v) is 12.4. The van der Waals surface area contributed by atoms with Crippen molar-refractivity contribution in [3.63, 3.8) is 0 Å². The summed E-state index contributed by atoms with van der Waals surface area (Å²) in [5.41, 5.74) is 3.57. The summed E-state index contributed by atoms with van der Waals surface area (Å²) in [6.07, 6.45) is 5.83. The number of carbonyl (C=O) groups excluding carboxylic acids is 2. The molecule has 174 valence electrons. The van der Waals surface area contributed by atoms with E-state index in [9.17, 15) is 9.59 Å². The van der Waals surface area contributed by atoms with Crippen molar-refractivity contribution in [2.45, 2.75) is 19.0 Å². The van der Waals surface area contributed by atoms with E-state index in [4.69, 9.17) is 9.52 Å². The second-order valence-corrected chi connectivity index (χ2v) is 8.64. The van der Waals surface area contributed by atoms with Crippen molar-refractivity contribution < 1.29 is 14.0 Å². The topological polar surface area (TPSA) is 89.2 Å². The number of nitrogens with zero attached hydrogens (tertiary/aromatic N) is 2. The maximum Gasteiger partial charge on any atom is 0.287 e. The Labute approximate surface area is 202 Å². The summed E-state index contributed by atoms with van der Waals surface area (Å²) in [6.45, 7) is 0.280. The van der Waals surface area contributed by atoms with Gasteiger partial charge in [-0.05, 0) is 42.7 Å². The summed E-state index contributed by atoms with van der Waals surface area (Å²) in [4.78, 5) is 25.5. The van der Waals surface area contributed by atoms with Crippen molar-refractivity contribution in [2.75, 3.05) is 12.0 Å². The maximum atomic E-state index is 13.1. The molecule has 0 aliphatic heterocycles. The quantitative estimate of drug-likeness (QED) is 0.358. The van der Waals surface area contributed by atoms with Crippen LogP contribution in [0.4, 0.5) is 0 Å². The smallest absolute Gasteiger partial charge is 0.287 e. The van der Waals surface area contributed by atoms with Gasteiger partial charge in [0.1, 0.15) is 6.04 Å². The van der Waals surface area contributed by atoms with Gasteiger partial charge >= 0.3 is 0 Å². The lowest BCUT2D eigenvalue weighted by molar-refractivity contribution is -0.123. The fourth-order valence-electron chi connectivity index (χ4n) is 3.54. The molecule has 8 heteroatoms. The summed E-state index contributed by atoms with van der Waals surface area (Å²) in [5.74, 6) is 0.253. The Kier molecular flexibility index (Phi) is 7.83. The van der Waals surface area contributed by atoms with Crippen molar-refractivity contribution in [3.05, 3.63) is 96.6 Å². The second-order valence-electron chi connectivity index (χ2n) is 7.65. The van der Waals surface area contributed by atoms with Gasteiger partial charge in [0, 0.05) is 23.9 Å². The van der Waals surface area contributed by atoms with Crippen LogP contribution in [0, 0.1) is 0 Å². The SMILES string of the molecule is CSCC[C@@H](NC(=O)c1ccco1)C(=O)NCc1cn(-c2ccccc2)nc1-c1ccccc1. The fourth-order valence-corrected chi connectivity index (χ4v) is 4.01. The van der Waals surface area contributed by atoms with Gasteiger partial charge in [-0.2, -0.15) is 16.9 Å². The maximum absolute atomic E-state index is 13.1. The highest BCUT2D eigenvalue weighted by molar-refractivity contribution is 7.98. The van der Waals surface area contributed by atoms with Gasteiger partial charge in [-0.15, -0.1) is 0 Å². The van der Waals surface area contributed by atoms with E-state index in [1.807, 2.05) is 77.8 Å². The van der Waals surface area contributed by atoms with Gasteiger partial charge in [0.05, 0.1) is 17.6 Å². The normalized spacial score (nSPS) is 11.7. The van der Waals surface area contributed by atoms with Crippen molar-refractivity contribution in [2.24, 2.45) is 0 Å². The van der Waals surface area contributed by atoms with Crippen molar-refractivity contribution >= 4 is 23.6 Å². The molecule has 2 heterocycles. The molecule has 0 aliphatic carbocycles. The third-order valence-electron chi connectivity index (χ3n) is 5.29. The first kappa shape index (κ1) is 23.4. The lowest BCUT2D eigenvalue weighted by atomic mass is 10.1. The molecule has 1 atom stereocenters. The molecule has 4 aromatic rings. The molecular formula is C26H26N4O3S. The summed E-state index contributed by atoms with van der Waals surface area (Å²) < 4.78 is 6.97. The highest BCUT2D eigenvalue weighted by Crippen LogP contribution is 2.23. The largest absolute Gasteiger partial charge is 0.459 e. The van der Waals surface area contributed by atoms with Gasteiger partial charge in [-0.25, -0.2) is 4.68 Å². The molecule has 0 fully saturated rings. The summed E-state index contributed by atoms with van der Waals surface area (Å²) >= 11 is 1.62. The third-order valence-corrected chi connectivity index (χ3v) is 5.93. The van der Waals surface area contributed by atoms with Crippen LogP contribution in [0.15, 0.2) is 89.7 Å². The van der Waals surface area contributed by atoms with E-state index in [0.29, 0.717) is 6.42 Å². The van der Waals surface area contributed by atoms with Crippen molar-refractivity contribution in [1.29, 1.82) is 0 Å². The minimum Gasteiger partial charge on any atom is -0.459 e. The second kappa shape index (κ2) is 11.4. The number of carbonyl (C=O) groups is 2. The molecule has 0 aliphatic rings. The summed E-state index contributed by atoms with van der Waals surface area (Å²) in [5, 5.41) is 10.6. The van der Waals surface area contributed by atoms with E-state index in [0.717, 1.165) is 28.3 Å². The molecule has 0 bridgehead atoms.